The van der Waals surface area contributed by atoms with Crippen LogP contribution in [0.1, 0.15) is 6.92 Å². The van der Waals surface area contributed by atoms with Crippen molar-refractivity contribution in [2.75, 3.05) is 24.0 Å². The predicted molar refractivity (Wildman–Crippen MR) is 88.6 cm³/mol. The van der Waals surface area contributed by atoms with Gasteiger partial charge in [-0.2, -0.15) is 17.0 Å². The number of amides is 1. The number of hydrogen-bond acceptors (Lipinski definition) is 7. The normalized spacial score (nSPS) is 13.2. The zero-order chi connectivity index (χ0) is 17.0. The van der Waals surface area contributed by atoms with Crippen molar-refractivity contribution in [1.29, 1.82) is 5.26 Å². The Morgan fingerprint density at radius 3 is 2.87 bits per heavy atom. The first kappa shape index (κ1) is 17.3. The molecule has 0 aliphatic carbocycles. The Labute approximate surface area is 141 Å². The summed E-state index contributed by atoms with van der Waals surface area (Å²) in [6.07, 6.45) is 4.41. The van der Waals surface area contributed by atoms with E-state index in [1.54, 1.807) is 14.0 Å². The summed E-state index contributed by atoms with van der Waals surface area (Å²) in [5.74, 6) is -0.443. The topological polar surface area (TPSA) is 82.8 Å². The lowest BCUT2D eigenvalue weighted by Gasteiger charge is -2.24. The van der Waals surface area contributed by atoms with Gasteiger partial charge in [0.05, 0.1) is 12.3 Å². The van der Waals surface area contributed by atoms with Gasteiger partial charge >= 0.3 is 0 Å². The van der Waals surface area contributed by atoms with E-state index in [1.807, 2.05) is 6.26 Å². The van der Waals surface area contributed by atoms with E-state index in [9.17, 15) is 14.4 Å². The molecule has 0 aromatic carbocycles. The van der Waals surface area contributed by atoms with Crippen LogP contribution in [-0.4, -0.2) is 40.1 Å². The molecule has 2 aromatic heterocycles. The quantitative estimate of drug-likeness (QED) is 0.823. The minimum Gasteiger partial charge on any atom is -0.288 e. The summed E-state index contributed by atoms with van der Waals surface area (Å²) in [4.78, 5) is 17.6. The van der Waals surface area contributed by atoms with Crippen molar-refractivity contribution in [3.8, 4) is 16.6 Å². The molecular formula is C14H14FN5OS2. The van der Waals surface area contributed by atoms with Crippen molar-refractivity contribution >= 4 is 34.1 Å². The highest BCUT2D eigenvalue weighted by molar-refractivity contribution is 7.98. The highest BCUT2D eigenvalue weighted by Crippen LogP contribution is 2.31. The molecule has 0 radical (unpaired) electrons. The Morgan fingerprint density at radius 2 is 2.26 bits per heavy atom. The van der Waals surface area contributed by atoms with Gasteiger partial charge in [-0.1, -0.05) is 11.3 Å². The van der Waals surface area contributed by atoms with Crippen molar-refractivity contribution in [2.45, 2.75) is 6.92 Å². The van der Waals surface area contributed by atoms with Gasteiger partial charge in [-0.05, 0) is 19.2 Å². The molecule has 0 saturated carbocycles. The number of pyridine rings is 1. The van der Waals surface area contributed by atoms with Crippen molar-refractivity contribution in [3.05, 3.63) is 24.3 Å². The monoisotopic (exact) mass is 351 g/mol. The number of hydrogen-bond donors (Lipinski definition) is 0. The summed E-state index contributed by atoms with van der Waals surface area (Å²) in [6.45, 7) is 1.60. The van der Waals surface area contributed by atoms with Gasteiger partial charge in [-0.15, -0.1) is 10.2 Å². The van der Waals surface area contributed by atoms with E-state index >= 15 is 0 Å². The van der Waals surface area contributed by atoms with Crippen LogP contribution in [0.3, 0.4) is 0 Å². The molecule has 120 valence electrons. The van der Waals surface area contributed by atoms with Gasteiger partial charge in [0, 0.05) is 24.6 Å². The van der Waals surface area contributed by atoms with Gasteiger partial charge in [0.2, 0.25) is 11.0 Å². The Hall–Kier alpha value is -2.05. The first-order valence-electron chi connectivity index (χ1n) is 6.54. The van der Waals surface area contributed by atoms with E-state index in [0.29, 0.717) is 21.5 Å². The fourth-order valence-corrected chi connectivity index (χ4v) is 3.43. The van der Waals surface area contributed by atoms with E-state index in [2.05, 4.69) is 21.3 Å². The lowest BCUT2D eigenvalue weighted by Crippen LogP contribution is -2.41. The molecule has 9 heteroatoms. The molecule has 1 atom stereocenters. The number of thioether (sulfide) groups is 1. The molecular weight excluding hydrogens is 337 g/mol. The Balaban J connectivity index is 2.26. The highest BCUT2D eigenvalue weighted by atomic mass is 32.2. The average molecular weight is 351 g/mol. The average Bonchev–Trinajstić information content (AvgIpc) is 3.03. The second kappa shape index (κ2) is 7.02. The molecule has 1 amide bonds. The van der Waals surface area contributed by atoms with Crippen molar-refractivity contribution < 1.29 is 9.18 Å². The Morgan fingerprint density at radius 1 is 1.52 bits per heavy atom. The molecule has 1 unspecified atom stereocenters. The van der Waals surface area contributed by atoms with Crippen LogP contribution in [0, 0.1) is 22.6 Å². The molecule has 0 bridgehead atoms. The first-order chi connectivity index (χ1) is 10.9. The number of halogens is 1. The number of carbonyl (C=O) groups is 1. The van der Waals surface area contributed by atoms with E-state index < -0.39 is 11.2 Å². The number of nitrogens with zero attached hydrogens (tertiary/aromatic N) is 5. The lowest BCUT2D eigenvalue weighted by atomic mass is 9.94. The SMILES string of the molecule is CSCC(C)(C#N)C(=O)N(C)c1nnc(-c2cncc(F)c2)s1. The molecule has 2 heterocycles. The van der Waals surface area contributed by atoms with Crippen LogP contribution in [0.25, 0.3) is 10.6 Å². The summed E-state index contributed by atoms with van der Waals surface area (Å²) in [5, 5.41) is 18.0. The van der Waals surface area contributed by atoms with Crippen LogP contribution >= 0.6 is 23.1 Å². The molecule has 0 aliphatic rings. The largest absolute Gasteiger partial charge is 0.288 e. The molecule has 0 N–H and O–H groups in total. The van der Waals surface area contributed by atoms with E-state index in [4.69, 9.17) is 0 Å². The third kappa shape index (κ3) is 3.65. The second-order valence-corrected chi connectivity index (χ2v) is 6.84. The van der Waals surface area contributed by atoms with Gasteiger partial charge in [0.15, 0.2) is 5.01 Å². The van der Waals surface area contributed by atoms with Crippen molar-refractivity contribution in [2.24, 2.45) is 5.41 Å². The zero-order valence-corrected chi connectivity index (χ0v) is 14.4. The van der Waals surface area contributed by atoms with Gasteiger partial charge in [-0.25, -0.2) is 4.39 Å². The standard InChI is InChI=1S/C14H14FN5OS2/c1-14(7-16,8-22-3)12(21)20(2)13-19-18-11(23-13)9-4-10(15)6-17-5-9/h4-6H,8H2,1-3H3. The summed E-state index contributed by atoms with van der Waals surface area (Å²) in [5.41, 5.74) is -0.651. The van der Waals surface area contributed by atoms with Gasteiger partial charge in [0.1, 0.15) is 11.2 Å². The number of aromatic nitrogens is 3. The molecule has 0 spiro atoms. The van der Waals surface area contributed by atoms with Crippen molar-refractivity contribution in [3.63, 3.8) is 0 Å². The summed E-state index contributed by atoms with van der Waals surface area (Å²) in [6, 6.07) is 3.36. The van der Waals surface area contributed by atoms with Crippen molar-refractivity contribution in [1.82, 2.24) is 15.2 Å². The maximum atomic E-state index is 13.2. The fraction of sp³-hybridized carbons (Fsp3) is 0.357. The third-order valence-corrected chi connectivity index (χ3v) is 5.02. The van der Waals surface area contributed by atoms with Crippen LogP contribution < -0.4 is 4.90 Å². The summed E-state index contributed by atoms with van der Waals surface area (Å²) < 4.78 is 13.2. The Bertz CT molecular complexity index is 760. The van der Waals surface area contributed by atoms with Crippen LogP contribution in [0.2, 0.25) is 0 Å². The smallest absolute Gasteiger partial charge is 0.249 e. The first-order valence-corrected chi connectivity index (χ1v) is 8.75. The molecule has 2 rings (SSSR count). The Kier molecular flexibility index (Phi) is 5.28. The minimum atomic E-state index is -1.14. The molecule has 0 fully saturated rings. The second-order valence-electron chi connectivity index (χ2n) is 5.02. The van der Waals surface area contributed by atoms with Crippen LogP contribution in [0.4, 0.5) is 9.52 Å². The zero-order valence-electron chi connectivity index (χ0n) is 12.8. The minimum absolute atomic E-state index is 0.344. The summed E-state index contributed by atoms with van der Waals surface area (Å²) >= 11 is 2.56. The van der Waals surface area contributed by atoms with E-state index in [-0.39, 0.29) is 5.91 Å². The summed E-state index contributed by atoms with van der Waals surface area (Å²) in [7, 11) is 1.55. The molecule has 0 saturated heterocycles. The van der Waals surface area contributed by atoms with Crippen LogP contribution in [0.5, 0.6) is 0 Å². The molecule has 2 aromatic rings. The maximum absolute atomic E-state index is 13.2. The van der Waals surface area contributed by atoms with Crippen LogP contribution in [-0.2, 0) is 4.79 Å². The number of nitriles is 1. The number of rotatable bonds is 5. The molecule has 23 heavy (non-hydrogen) atoms. The van der Waals surface area contributed by atoms with E-state index in [0.717, 1.165) is 17.5 Å². The lowest BCUT2D eigenvalue weighted by molar-refractivity contribution is -0.123. The predicted octanol–water partition coefficient (Wildman–Crippen LogP) is 2.59. The third-order valence-electron chi connectivity index (χ3n) is 3.11. The number of anilines is 1. The molecule has 6 nitrogen and oxygen atoms in total. The van der Waals surface area contributed by atoms with Crippen LogP contribution in [0.15, 0.2) is 18.5 Å². The van der Waals surface area contributed by atoms with Gasteiger partial charge in [-0.3, -0.25) is 14.7 Å². The fourth-order valence-electron chi connectivity index (χ4n) is 1.88. The van der Waals surface area contributed by atoms with E-state index in [1.165, 1.54) is 28.9 Å². The maximum Gasteiger partial charge on any atom is 0.249 e. The van der Waals surface area contributed by atoms with Gasteiger partial charge in [0.25, 0.3) is 0 Å². The highest BCUT2D eigenvalue weighted by Gasteiger charge is 2.37. The van der Waals surface area contributed by atoms with Gasteiger partial charge < -0.3 is 0 Å². The number of carbonyl (C=O) groups excluding carboxylic acids is 1. The molecule has 0 aliphatic heterocycles.